The van der Waals surface area contributed by atoms with Gasteiger partial charge in [0.15, 0.2) is 5.78 Å². The molecular formula is C17H18O2. The largest absolute Gasteiger partial charge is 0.393 e. The molecule has 0 bridgehead atoms. The summed E-state index contributed by atoms with van der Waals surface area (Å²) in [4.78, 5) is 12.2. The van der Waals surface area contributed by atoms with Gasteiger partial charge in [0.05, 0.1) is 6.10 Å². The van der Waals surface area contributed by atoms with E-state index in [1.165, 1.54) is 0 Å². The van der Waals surface area contributed by atoms with Gasteiger partial charge in [0.2, 0.25) is 0 Å². The Balaban J connectivity index is 2.17. The van der Waals surface area contributed by atoms with Crippen LogP contribution in [0.25, 0.3) is 0 Å². The number of Topliss-reactive ketones (excluding diaryl/α,β-unsaturated/α-hetero) is 1. The summed E-state index contributed by atoms with van der Waals surface area (Å²) in [5, 5.41) is 9.91. The van der Waals surface area contributed by atoms with Crippen LogP contribution in [0.2, 0.25) is 0 Å². The van der Waals surface area contributed by atoms with E-state index < -0.39 is 6.10 Å². The first kappa shape index (κ1) is 13.5. The van der Waals surface area contributed by atoms with Gasteiger partial charge >= 0.3 is 0 Å². The van der Waals surface area contributed by atoms with E-state index in [0.717, 1.165) is 5.56 Å². The molecular weight excluding hydrogens is 236 g/mol. The summed E-state index contributed by atoms with van der Waals surface area (Å²) in [5.41, 5.74) is 1.70. The van der Waals surface area contributed by atoms with Crippen LogP contribution in [-0.4, -0.2) is 17.0 Å². The highest BCUT2D eigenvalue weighted by molar-refractivity contribution is 5.96. The second-order valence-corrected chi connectivity index (χ2v) is 4.75. The molecule has 0 saturated carbocycles. The Morgan fingerprint density at radius 3 is 2.05 bits per heavy atom. The smallest absolute Gasteiger partial charge is 0.163 e. The predicted octanol–water partition coefficient (Wildman–Crippen LogP) is 3.42. The summed E-state index contributed by atoms with van der Waals surface area (Å²) in [6, 6.07) is 18.9. The van der Waals surface area contributed by atoms with Gasteiger partial charge in [0.1, 0.15) is 0 Å². The minimum absolute atomic E-state index is 0.0651. The highest BCUT2D eigenvalue weighted by Gasteiger charge is 2.21. The monoisotopic (exact) mass is 254 g/mol. The van der Waals surface area contributed by atoms with Crippen molar-refractivity contribution in [1.29, 1.82) is 0 Å². The van der Waals surface area contributed by atoms with Crippen molar-refractivity contribution >= 4 is 5.78 Å². The number of rotatable bonds is 5. The van der Waals surface area contributed by atoms with Gasteiger partial charge in [-0.15, -0.1) is 0 Å². The van der Waals surface area contributed by atoms with Crippen LogP contribution < -0.4 is 0 Å². The lowest BCUT2D eigenvalue weighted by molar-refractivity contribution is 0.0921. The molecule has 2 nitrogen and oxygen atoms in total. The lowest BCUT2D eigenvalue weighted by Gasteiger charge is -2.19. The summed E-state index contributed by atoms with van der Waals surface area (Å²) in [6.45, 7) is 1.73. The topological polar surface area (TPSA) is 37.3 Å². The summed E-state index contributed by atoms with van der Waals surface area (Å²) >= 11 is 0. The van der Waals surface area contributed by atoms with E-state index in [1.54, 1.807) is 6.92 Å². The standard InChI is InChI=1S/C17H18O2/c1-13(18)16(14-8-4-2-5-9-14)12-17(19)15-10-6-3-7-11-15/h2-11,13,16,18H,12H2,1H3. The number of aliphatic hydroxyl groups is 1. The Hall–Kier alpha value is -1.93. The fraction of sp³-hybridized carbons (Fsp3) is 0.235. The lowest BCUT2D eigenvalue weighted by atomic mass is 9.88. The van der Waals surface area contributed by atoms with Crippen molar-refractivity contribution in [3.05, 3.63) is 71.8 Å². The van der Waals surface area contributed by atoms with Crippen molar-refractivity contribution in [3.63, 3.8) is 0 Å². The summed E-state index contributed by atoms with van der Waals surface area (Å²) < 4.78 is 0. The van der Waals surface area contributed by atoms with Crippen LogP contribution >= 0.6 is 0 Å². The van der Waals surface area contributed by atoms with Gasteiger partial charge in [-0.1, -0.05) is 60.7 Å². The summed E-state index contributed by atoms with van der Waals surface area (Å²) in [6.07, 6.45) is -0.221. The number of aliphatic hydroxyl groups excluding tert-OH is 1. The zero-order chi connectivity index (χ0) is 13.7. The third-order valence-electron chi connectivity index (χ3n) is 3.31. The molecule has 0 aromatic heterocycles. The molecule has 0 heterocycles. The SMILES string of the molecule is CC(O)C(CC(=O)c1ccccc1)c1ccccc1. The Morgan fingerprint density at radius 2 is 1.53 bits per heavy atom. The van der Waals surface area contributed by atoms with Gasteiger partial charge < -0.3 is 5.11 Å². The minimum Gasteiger partial charge on any atom is -0.393 e. The summed E-state index contributed by atoms with van der Waals surface area (Å²) in [7, 11) is 0. The number of ketones is 1. The fourth-order valence-electron chi connectivity index (χ4n) is 2.21. The maximum Gasteiger partial charge on any atom is 0.163 e. The van der Waals surface area contributed by atoms with E-state index in [1.807, 2.05) is 60.7 Å². The first-order chi connectivity index (χ1) is 9.18. The normalized spacial score (nSPS) is 13.8. The van der Waals surface area contributed by atoms with Gasteiger partial charge in [-0.2, -0.15) is 0 Å². The quantitative estimate of drug-likeness (QED) is 0.830. The van der Waals surface area contributed by atoms with Crippen LogP contribution in [0, 0.1) is 0 Å². The number of carbonyl (C=O) groups excluding carboxylic acids is 1. The average molecular weight is 254 g/mol. The maximum absolute atomic E-state index is 12.2. The molecule has 0 aliphatic carbocycles. The second-order valence-electron chi connectivity index (χ2n) is 4.75. The van der Waals surface area contributed by atoms with Gasteiger partial charge in [0, 0.05) is 17.9 Å². The van der Waals surface area contributed by atoms with Gasteiger partial charge in [0.25, 0.3) is 0 Å². The molecule has 98 valence electrons. The van der Waals surface area contributed by atoms with E-state index in [4.69, 9.17) is 0 Å². The molecule has 0 aliphatic heterocycles. The first-order valence-corrected chi connectivity index (χ1v) is 6.49. The molecule has 0 radical (unpaired) electrons. The van der Waals surface area contributed by atoms with Gasteiger partial charge in [-0.25, -0.2) is 0 Å². The lowest BCUT2D eigenvalue weighted by Crippen LogP contribution is -2.18. The zero-order valence-electron chi connectivity index (χ0n) is 11.0. The third-order valence-corrected chi connectivity index (χ3v) is 3.31. The highest BCUT2D eigenvalue weighted by Crippen LogP contribution is 2.25. The number of hydrogen-bond donors (Lipinski definition) is 1. The Kier molecular flexibility index (Phi) is 4.48. The van der Waals surface area contributed by atoms with E-state index >= 15 is 0 Å². The van der Waals surface area contributed by atoms with E-state index in [0.29, 0.717) is 12.0 Å². The molecule has 2 aromatic carbocycles. The van der Waals surface area contributed by atoms with Crippen LogP contribution in [0.1, 0.15) is 35.2 Å². The molecule has 0 amide bonds. The fourth-order valence-corrected chi connectivity index (χ4v) is 2.21. The van der Waals surface area contributed by atoms with E-state index in [2.05, 4.69) is 0 Å². The minimum atomic E-state index is -0.546. The van der Waals surface area contributed by atoms with Crippen LogP contribution in [0.3, 0.4) is 0 Å². The molecule has 1 N–H and O–H groups in total. The predicted molar refractivity (Wildman–Crippen MR) is 76.3 cm³/mol. The Labute approximate surface area is 113 Å². The average Bonchev–Trinajstić information content (AvgIpc) is 2.46. The van der Waals surface area contributed by atoms with Gasteiger partial charge in [-0.3, -0.25) is 4.79 Å². The van der Waals surface area contributed by atoms with Crippen LogP contribution in [-0.2, 0) is 0 Å². The van der Waals surface area contributed by atoms with Crippen LogP contribution in [0.15, 0.2) is 60.7 Å². The van der Waals surface area contributed by atoms with E-state index in [9.17, 15) is 9.90 Å². The van der Waals surface area contributed by atoms with Crippen molar-refractivity contribution in [2.75, 3.05) is 0 Å². The molecule has 2 unspecified atom stereocenters. The highest BCUT2D eigenvalue weighted by atomic mass is 16.3. The molecule has 19 heavy (non-hydrogen) atoms. The Bertz CT molecular complexity index is 517. The number of benzene rings is 2. The summed E-state index contributed by atoms with van der Waals surface area (Å²) in [5.74, 6) is -0.0933. The number of carbonyl (C=O) groups is 1. The van der Waals surface area contributed by atoms with Crippen molar-refractivity contribution in [1.82, 2.24) is 0 Å². The maximum atomic E-state index is 12.2. The second kappa shape index (κ2) is 6.30. The molecule has 0 saturated heterocycles. The first-order valence-electron chi connectivity index (χ1n) is 6.49. The van der Waals surface area contributed by atoms with Crippen LogP contribution in [0.4, 0.5) is 0 Å². The van der Waals surface area contributed by atoms with Crippen molar-refractivity contribution < 1.29 is 9.90 Å². The molecule has 0 spiro atoms. The third kappa shape index (κ3) is 3.52. The van der Waals surface area contributed by atoms with E-state index in [-0.39, 0.29) is 11.7 Å². The molecule has 2 rings (SSSR count). The molecule has 2 aromatic rings. The van der Waals surface area contributed by atoms with Gasteiger partial charge in [-0.05, 0) is 12.5 Å². The Morgan fingerprint density at radius 1 is 1.00 bits per heavy atom. The van der Waals surface area contributed by atoms with Crippen molar-refractivity contribution in [3.8, 4) is 0 Å². The molecule has 0 fully saturated rings. The zero-order valence-corrected chi connectivity index (χ0v) is 11.0. The molecule has 2 heteroatoms. The molecule has 0 aliphatic rings. The molecule has 2 atom stereocenters. The van der Waals surface area contributed by atoms with Crippen molar-refractivity contribution in [2.45, 2.75) is 25.4 Å². The van der Waals surface area contributed by atoms with Crippen LogP contribution in [0.5, 0.6) is 0 Å². The van der Waals surface area contributed by atoms with Crippen molar-refractivity contribution in [2.24, 2.45) is 0 Å². The number of hydrogen-bond acceptors (Lipinski definition) is 2.